The molecule has 0 saturated carbocycles. The predicted molar refractivity (Wildman–Crippen MR) is 64.1 cm³/mol. The second-order valence-corrected chi connectivity index (χ2v) is 3.64. The average Bonchev–Trinajstić information content (AvgIpc) is 2.29. The Labute approximate surface area is 91.7 Å². The van der Waals surface area contributed by atoms with Crippen molar-refractivity contribution in [2.75, 3.05) is 13.7 Å². The van der Waals surface area contributed by atoms with Crippen LogP contribution in [0.25, 0.3) is 0 Å². The number of benzene rings is 1. The molecule has 0 spiro atoms. The van der Waals surface area contributed by atoms with Gasteiger partial charge in [-0.3, -0.25) is 0 Å². The summed E-state index contributed by atoms with van der Waals surface area (Å²) in [7, 11) is 1.70. The Morgan fingerprint density at radius 3 is 2.80 bits per heavy atom. The molecule has 0 bridgehead atoms. The number of allylic oxidation sites excluding steroid dienone is 1. The van der Waals surface area contributed by atoms with Crippen molar-refractivity contribution in [3.63, 3.8) is 0 Å². The summed E-state index contributed by atoms with van der Waals surface area (Å²) in [6.07, 6.45) is 3.83. The summed E-state index contributed by atoms with van der Waals surface area (Å²) in [6.45, 7) is 4.43. The van der Waals surface area contributed by atoms with Gasteiger partial charge in [-0.25, -0.2) is 0 Å². The summed E-state index contributed by atoms with van der Waals surface area (Å²) in [5, 5.41) is 0. The van der Waals surface area contributed by atoms with Crippen LogP contribution in [0.1, 0.15) is 12.0 Å². The minimum Gasteiger partial charge on any atom is -0.496 e. The molecule has 0 unspecified atom stereocenters. The Bertz CT molecular complexity index is 309. The second-order valence-electron chi connectivity index (χ2n) is 3.64. The van der Waals surface area contributed by atoms with Gasteiger partial charge in [-0.1, -0.05) is 24.3 Å². The third-order valence-electron chi connectivity index (χ3n) is 2.53. The minimum atomic E-state index is 0.457. The van der Waals surface area contributed by atoms with Gasteiger partial charge in [-0.2, -0.15) is 0 Å². The number of rotatable bonds is 6. The normalized spacial score (nSPS) is 12.1. The van der Waals surface area contributed by atoms with Gasteiger partial charge >= 0.3 is 0 Å². The van der Waals surface area contributed by atoms with Crippen LogP contribution in [0.15, 0.2) is 36.9 Å². The Morgan fingerprint density at radius 2 is 2.20 bits per heavy atom. The molecule has 0 heterocycles. The number of hydrogen-bond acceptors (Lipinski definition) is 2. The van der Waals surface area contributed by atoms with Gasteiger partial charge in [-0.05, 0) is 36.9 Å². The molecule has 15 heavy (non-hydrogen) atoms. The first-order valence-electron chi connectivity index (χ1n) is 5.24. The third kappa shape index (κ3) is 3.40. The van der Waals surface area contributed by atoms with Crippen molar-refractivity contribution < 1.29 is 4.74 Å². The quantitative estimate of drug-likeness (QED) is 0.724. The van der Waals surface area contributed by atoms with Gasteiger partial charge < -0.3 is 10.5 Å². The summed E-state index contributed by atoms with van der Waals surface area (Å²) in [4.78, 5) is 0. The zero-order chi connectivity index (χ0) is 11.1. The molecule has 0 aliphatic heterocycles. The van der Waals surface area contributed by atoms with E-state index in [0.717, 1.165) is 18.6 Å². The van der Waals surface area contributed by atoms with Crippen LogP contribution in [0.3, 0.4) is 0 Å². The number of methoxy groups -OCH3 is 1. The predicted octanol–water partition coefficient (Wildman–Crippen LogP) is 2.39. The highest BCUT2D eigenvalue weighted by molar-refractivity contribution is 5.33. The van der Waals surface area contributed by atoms with Gasteiger partial charge in [0.2, 0.25) is 0 Å². The molecule has 1 rings (SSSR count). The molecule has 82 valence electrons. The smallest absolute Gasteiger partial charge is 0.122 e. The number of nitrogens with two attached hydrogens (primary N) is 1. The standard InChI is InChI=1S/C13H19NO/c1-3-6-11(10-14)9-12-7-4-5-8-13(12)15-2/h3-5,7-8,11H,1,6,9-10,14H2,2H3/t11-/m0/s1. The molecule has 1 aromatic rings. The fraction of sp³-hybridized carbons (Fsp3) is 0.385. The molecule has 2 N–H and O–H groups in total. The van der Waals surface area contributed by atoms with Crippen LogP contribution < -0.4 is 10.5 Å². The van der Waals surface area contributed by atoms with Crippen LogP contribution >= 0.6 is 0 Å². The SMILES string of the molecule is C=CC[C@H](CN)Cc1ccccc1OC. The molecular weight excluding hydrogens is 186 g/mol. The lowest BCUT2D eigenvalue weighted by atomic mass is 9.96. The number of ether oxygens (including phenoxy) is 1. The first kappa shape index (κ1) is 11.8. The lowest BCUT2D eigenvalue weighted by Crippen LogP contribution is -2.16. The molecular formula is C13H19NO. The molecule has 0 amide bonds. The molecule has 1 atom stereocenters. The fourth-order valence-corrected chi connectivity index (χ4v) is 1.68. The highest BCUT2D eigenvalue weighted by Crippen LogP contribution is 2.21. The van der Waals surface area contributed by atoms with E-state index in [9.17, 15) is 0 Å². The Hall–Kier alpha value is -1.28. The van der Waals surface area contributed by atoms with E-state index in [1.807, 2.05) is 24.3 Å². The van der Waals surface area contributed by atoms with E-state index in [1.54, 1.807) is 7.11 Å². The van der Waals surface area contributed by atoms with Crippen molar-refractivity contribution >= 4 is 0 Å². The third-order valence-corrected chi connectivity index (χ3v) is 2.53. The second kappa shape index (κ2) is 6.25. The Morgan fingerprint density at radius 1 is 1.47 bits per heavy atom. The largest absolute Gasteiger partial charge is 0.496 e. The first-order valence-corrected chi connectivity index (χ1v) is 5.24. The van der Waals surface area contributed by atoms with E-state index >= 15 is 0 Å². The van der Waals surface area contributed by atoms with E-state index in [-0.39, 0.29) is 0 Å². The van der Waals surface area contributed by atoms with Crippen molar-refractivity contribution in [1.82, 2.24) is 0 Å². The lowest BCUT2D eigenvalue weighted by Gasteiger charge is -2.14. The van der Waals surface area contributed by atoms with Crippen LogP contribution in [0.4, 0.5) is 0 Å². The topological polar surface area (TPSA) is 35.2 Å². The van der Waals surface area contributed by atoms with Crippen molar-refractivity contribution in [3.05, 3.63) is 42.5 Å². The highest BCUT2D eigenvalue weighted by atomic mass is 16.5. The Kier molecular flexibility index (Phi) is 4.91. The monoisotopic (exact) mass is 205 g/mol. The van der Waals surface area contributed by atoms with Crippen LogP contribution in [0.2, 0.25) is 0 Å². The van der Waals surface area contributed by atoms with Crippen LogP contribution in [-0.4, -0.2) is 13.7 Å². The van der Waals surface area contributed by atoms with Crippen LogP contribution in [0.5, 0.6) is 5.75 Å². The fourth-order valence-electron chi connectivity index (χ4n) is 1.68. The first-order chi connectivity index (χ1) is 7.31. The zero-order valence-electron chi connectivity index (χ0n) is 9.28. The average molecular weight is 205 g/mol. The van der Waals surface area contributed by atoms with Crippen molar-refractivity contribution in [3.8, 4) is 5.75 Å². The maximum atomic E-state index is 5.71. The van der Waals surface area contributed by atoms with Gasteiger partial charge in [0.25, 0.3) is 0 Å². The van der Waals surface area contributed by atoms with Crippen molar-refractivity contribution in [2.45, 2.75) is 12.8 Å². The van der Waals surface area contributed by atoms with E-state index in [4.69, 9.17) is 10.5 Å². The summed E-state index contributed by atoms with van der Waals surface area (Å²) < 4.78 is 5.30. The van der Waals surface area contributed by atoms with Crippen LogP contribution in [-0.2, 0) is 6.42 Å². The van der Waals surface area contributed by atoms with Gasteiger partial charge in [0.1, 0.15) is 5.75 Å². The van der Waals surface area contributed by atoms with Gasteiger partial charge in [0, 0.05) is 0 Å². The lowest BCUT2D eigenvalue weighted by molar-refractivity contribution is 0.404. The molecule has 0 radical (unpaired) electrons. The summed E-state index contributed by atoms with van der Waals surface area (Å²) in [6, 6.07) is 8.08. The molecule has 0 saturated heterocycles. The summed E-state index contributed by atoms with van der Waals surface area (Å²) in [5.74, 6) is 1.40. The van der Waals surface area contributed by atoms with Crippen molar-refractivity contribution in [2.24, 2.45) is 11.7 Å². The molecule has 2 nitrogen and oxygen atoms in total. The molecule has 0 fully saturated rings. The van der Waals surface area contributed by atoms with Gasteiger partial charge in [0.05, 0.1) is 7.11 Å². The molecule has 0 aliphatic carbocycles. The molecule has 0 aromatic heterocycles. The maximum absolute atomic E-state index is 5.71. The maximum Gasteiger partial charge on any atom is 0.122 e. The van der Waals surface area contributed by atoms with Crippen LogP contribution in [0, 0.1) is 5.92 Å². The molecule has 1 aromatic carbocycles. The van der Waals surface area contributed by atoms with E-state index in [2.05, 4.69) is 12.6 Å². The van der Waals surface area contributed by atoms with Crippen molar-refractivity contribution in [1.29, 1.82) is 0 Å². The van der Waals surface area contributed by atoms with E-state index in [1.165, 1.54) is 5.56 Å². The number of hydrogen-bond donors (Lipinski definition) is 1. The van der Waals surface area contributed by atoms with E-state index in [0.29, 0.717) is 12.5 Å². The zero-order valence-corrected chi connectivity index (χ0v) is 9.28. The summed E-state index contributed by atoms with van der Waals surface area (Å²) >= 11 is 0. The minimum absolute atomic E-state index is 0.457. The van der Waals surface area contributed by atoms with Gasteiger partial charge in [0.15, 0.2) is 0 Å². The molecule has 0 aliphatic rings. The highest BCUT2D eigenvalue weighted by Gasteiger charge is 2.09. The van der Waals surface area contributed by atoms with E-state index < -0.39 is 0 Å². The Balaban J connectivity index is 2.73. The van der Waals surface area contributed by atoms with Gasteiger partial charge in [-0.15, -0.1) is 6.58 Å². The summed E-state index contributed by atoms with van der Waals surface area (Å²) in [5.41, 5.74) is 6.93. The molecule has 2 heteroatoms. The number of para-hydroxylation sites is 1.